The lowest BCUT2D eigenvalue weighted by Crippen LogP contribution is -2.27. The van der Waals surface area contributed by atoms with E-state index in [2.05, 4.69) is 4.57 Å². The Balaban J connectivity index is 1.61. The molecule has 3 aromatic rings. The molecule has 0 unspecified atom stereocenters. The zero-order chi connectivity index (χ0) is 23.9. The summed E-state index contributed by atoms with van der Waals surface area (Å²) in [6, 6.07) is 13.5. The number of halogens is 1. The lowest BCUT2D eigenvalue weighted by atomic mass is 10.2. The Bertz CT molecular complexity index is 1330. The van der Waals surface area contributed by atoms with Crippen LogP contribution in [0.2, 0.25) is 5.02 Å². The normalized spacial score (nSPS) is 15.0. The monoisotopic (exact) mass is 481 g/mol. The fourth-order valence-electron chi connectivity index (χ4n) is 3.83. The molecule has 1 aromatic heterocycles. The molecule has 0 aliphatic carbocycles. The molecule has 33 heavy (non-hydrogen) atoms. The van der Waals surface area contributed by atoms with E-state index in [1.165, 1.54) is 12.1 Å². The predicted octanol–water partition coefficient (Wildman–Crippen LogP) is 6.20. The van der Waals surface area contributed by atoms with Gasteiger partial charge in [-0.25, -0.2) is 0 Å². The molecule has 168 valence electrons. The van der Waals surface area contributed by atoms with Crippen molar-refractivity contribution in [2.24, 2.45) is 0 Å². The number of thioether (sulfide) groups is 1. The number of carbonyl (C=O) groups excluding carboxylic acids is 2. The number of hydrogen-bond donors (Lipinski definition) is 0. The van der Waals surface area contributed by atoms with E-state index in [0.717, 1.165) is 44.9 Å². The highest BCUT2D eigenvalue weighted by Crippen LogP contribution is 2.35. The van der Waals surface area contributed by atoms with Gasteiger partial charge in [0.15, 0.2) is 0 Å². The highest BCUT2D eigenvalue weighted by atomic mass is 35.5. The fourth-order valence-corrected chi connectivity index (χ4v) is 4.82. The minimum absolute atomic E-state index is 0.0434. The Morgan fingerprint density at radius 3 is 2.45 bits per heavy atom. The molecule has 4 rings (SSSR count). The molecule has 0 N–H and O–H groups in total. The standard InChI is InChI=1S/C24H20ClN3O4S/c1-14-11-18(16(3)27(14)21-6-4-5-20(25)15(21)2)12-22-23(29)26(24(30)33-22)13-17-7-9-19(10-8-17)28(31)32/h4-12H,13H2,1-3H3/b22-12-. The number of carbonyl (C=O) groups is 2. The summed E-state index contributed by atoms with van der Waals surface area (Å²) < 4.78 is 2.08. The number of aromatic nitrogens is 1. The molecular weight excluding hydrogens is 462 g/mol. The van der Waals surface area contributed by atoms with Crippen LogP contribution in [0.15, 0.2) is 53.4 Å². The lowest BCUT2D eigenvalue weighted by Gasteiger charge is -2.13. The van der Waals surface area contributed by atoms with E-state index in [1.54, 1.807) is 18.2 Å². The molecule has 7 nitrogen and oxygen atoms in total. The molecule has 1 saturated heterocycles. The fraction of sp³-hybridized carbons (Fsp3) is 0.167. The summed E-state index contributed by atoms with van der Waals surface area (Å²) in [6.45, 7) is 5.95. The van der Waals surface area contributed by atoms with Crippen molar-refractivity contribution >= 4 is 46.3 Å². The van der Waals surface area contributed by atoms with Crippen molar-refractivity contribution in [3.05, 3.63) is 96.7 Å². The summed E-state index contributed by atoms with van der Waals surface area (Å²) in [6.07, 6.45) is 1.74. The second-order valence-electron chi connectivity index (χ2n) is 7.74. The van der Waals surface area contributed by atoms with E-state index in [4.69, 9.17) is 11.6 Å². The molecule has 1 fully saturated rings. The van der Waals surface area contributed by atoms with Crippen molar-refractivity contribution in [2.45, 2.75) is 27.3 Å². The third kappa shape index (κ3) is 4.31. The highest BCUT2D eigenvalue weighted by Gasteiger charge is 2.35. The van der Waals surface area contributed by atoms with Crippen LogP contribution in [-0.4, -0.2) is 25.5 Å². The number of benzene rings is 2. The first-order chi connectivity index (χ1) is 15.7. The number of nitrogens with zero attached hydrogens (tertiary/aromatic N) is 3. The summed E-state index contributed by atoms with van der Waals surface area (Å²) in [5.41, 5.74) is 5.26. The van der Waals surface area contributed by atoms with Gasteiger partial charge in [0, 0.05) is 34.2 Å². The molecule has 0 bridgehead atoms. The van der Waals surface area contributed by atoms with Crippen molar-refractivity contribution in [3.63, 3.8) is 0 Å². The van der Waals surface area contributed by atoms with Gasteiger partial charge in [-0.15, -0.1) is 0 Å². The van der Waals surface area contributed by atoms with Gasteiger partial charge in [0.25, 0.3) is 16.8 Å². The van der Waals surface area contributed by atoms with Crippen LogP contribution in [0.5, 0.6) is 0 Å². The summed E-state index contributed by atoms with van der Waals surface area (Å²) >= 11 is 7.19. The maximum Gasteiger partial charge on any atom is 0.293 e. The first-order valence-corrected chi connectivity index (χ1v) is 11.3. The molecule has 0 spiro atoms. The molecule has 2 aromatic carbocycles. The smallest absolute Gasteiger partial charge is 0.293 e. The Morgan fingerprint density at radius 2 is 1.79 bits per heavy atom. The number of hydrogen-bond acceptors (Lipinski definition) is 5. The zero-order valence-electron chi connectivity index (χ0n) is 18.2. The van der Waals surface area contributed by atoms with Gasteiger partial charge in [0.05, 0.1) is 16.4 Å². The lowest BCUT2D eigenvalue weighted by molar-refractivity contribution is -0.384. The molecule has 1 aliphatic heterocycles. The number of nitro groups is 1. The molecule has 2 heterocycles. The quantitative estimate of drug-likeness (QED) is 0.246. The van der Waals surface area contributed by atoms with E-state index >= 15 is 0 Å². The maximum atomic E-state index is 13.0. The summed E-state index contributed by atoms with van der Waals surface area (Å²) in [5.74, 6) is -0.382. The molecular formula is C24H20ClN3O4S. The second kappa shape index (κ2) is 8.88. The molecule has 1 aliphatic rings. The van der Waals surface area contributed by atoms with Crippen LogP contribution in [0.3, 0.4) is 0 Å². The predicted molar refractivity (Wildman–Crippen MR) is 130 cm³/mol. The van der Waals surface area contributed by atoms with Crippen molar-refractivity contribution in [1.29, 1.82) is 0 Å². The number of imide groups is 1. The van der Waals surface area contributed by atoms with Gasteiger partial charge in [-0.1, -0.05) is 29.8 Å². The topological polar surface area (TPSA) is 85.4 Å². The molecule has 0 saturated carbocycles. The Morgan fingerprint density at radius 1 is 1.09 bits per heavy atom. The number of nitro benzene ring substituents is 1. The van der Waals surface area contributed by atoms with E-state index in [9.17, 15) is 19.7 Å². The number of amides is 2. The first kappa shape index (κ1) is 22.8. The Labute approximate surface area is 199 Å². The molecule has 0 atom stereocenters. The summed E-state index contributed by atoms with van der Waals surface area (Å²) in [4.78, 5) is 37.3. The van der Waals surface area contributed by atoms with Crippen molar-refractivity contribution < 1.29 is 14.5 Å². The van der Waals surface area contributed by atoms with Crippen molar-refractivity contribution in [3.8, 4) is 5.69 Å². The second-order valence-corrected chi connectivity index (χ2v) is 9.14. The molecule has 9 heteroatoms. The number of aryl methyl sites for hydroxylation is 1. The van der Waals surface area contributed by atoms with E-state index in [0.29, 0.717) is 15.5 Å². The van der Waals surface area contributed by atoms with Crippen LogP contribution in [-0.2, 0) is 11.3 Å². The van der Waals surface area contributed by atoms with Gasteiger partial charge in [-0.2, -0.15) is 0 Å². The van der Waals surface area contributed by atoms with Crippen molar-refractivity contribution in [1.82, 2.24) is 9.47 Å². The minimum atomic E-state index is -0.492. The Hall–Kier alpha value is -3.36. The van der Waals surface area contributed by atoms with Crippen LogP contribution in [0.25, 0.3) is 11.8 Å². The van der Waals surface area contributed by atoms with Gasteiger partial charge in [-0.05, 0) is 73.5 Å². The number of non-ortho nitro benzene ring substituents is 1. The average Bonchev–Trinajstić information content (AvgIpc) is 3.20. The van der Waals surface area contributed by atoms with Gasteiger partial charge >= 0.3 is 0 Å². The molecule has 2 amide bonds. The highest BCUT2D eigenvalue weighted by molar-refractivity contribution is 8.18. The SMILES string of the molecule is Cc1c(Cl)cccc1-n1c(C)cc(/C=C2\SC(=O)N(Cc3ccc([N+](=O)[O-])cc3)C2=O)c1C. The third-order valence-electron chi connectivity index (χ3n) is 5.60. The van der Waals surface area contributed by atoms with E-state index in [1.807, 2.05) is 45.0 Å². The van der Waals surface area contributed by atoms with Gasteiger partial charge in [0.2, 0.25) is 0 Å². The summed E-state index contributed by atoms with van der Waals surface area (Å²) in [7, 11) is 0. The first-order valence-electron chi connectivity index (χ1n) is 10.1. The maximum absolute atomic E-state index is 13.0. The van der Waals surface area contributed by atoms with Crippen LogP contribution in [0, 0.1) is 30.9 Å². The van der Waals surface area contributed by atoms with Crippen LogP contribution in [0.1, 0.15) is 28.1 Å². The van der Waals surface area contributed by atoms with E-state index in [-0.39, 0.29) is 23.4 Å². The zero-order valence-corrected chi connectivity index (χ0v) is 19.7. The average molecular weight is 482 g/mol. The van der Waals surface area contributed by atoms with Gasteiger partial charge in [-0.3, -0.25) is 24.6 Å². The third-order valence-corrected chi connectivity index (χ3v) is 6.92. The van der Waals surface area contributed by atoms with Crippen LogP contribution >= 0.6 is 23.4 Å². The molecule has 0 radical (unpaired) electrons. The van der Waals surface area contributed by atoms with Gasteiger partial charge in [0.1, 0.15) is 0 Å². The minimum Gasteiger partial charge on any atom is -0.318 e. The Kier molecular flexibility index (Phi) is 6.14. The van der Waals surface area contributed by atoms with Crippen LogP contribution in [0.4, 0.5) is 10.5 Å². The van der Waals surface area contributed by atoms with Crippen LogP contribution < -0.4 is 0 Å². The summed E-state index contributed by atoms with van der Waals surface area (Å²) in [5, 5.41) is 11.1. The number of rotatable bonds is 5. The van der Waals surface area contributed by atoms with E-state index < -0.39 is 4.92 Å². The van der Waals surface area contributed by atoms with Crippen molar-refractivity contribution in [2.75, 3.05) is 0 Å². The largest absolute Gasteiger partial charge is 0.318 e. The van der Waals surface area contributed by atoms with Gasteiger partial charge < -0.3 is 4.57 Å².